The summed E-state index contributed by atoms with van der Waals surface area (Å²) in [5.41, 5.74) is 1.37. The van der Waals surface area contributed by atoms with Gasteiger partial charge < -0.3 is 5.11 Å². The monoisotopic (exact) mass is 273 g/mol. The second-order valence-electron chi connectivity index (χ2n) is 4.51. The molecule has 0 atom stereocenters. The Morgan fingerprint density at radius 1 is 1.16 bits per heavy atom. The third-order valence-electron chi connectivity index (χ3n) is 2.73. The zero-order valence-corrected chi connectivity index (χ0v) is 11.6. The molecule has 0 unspecified atom stereocenters. The van der Waals surface area contributed by atoms with Crippen LogP contribution in [0.5, 0.6) is 0 Å². The SMILES string of the molecule is CC(C)c1ccc(Sc2ccnc(C(=O)O)c2)cc1. The molecule has 0 fully saturated rings. The van der Waals surface area contributed by atoms with Crippen molar-refractivity contribution < 1.29 is 9.90 Å². The number of carbonyl (C=O) groups is 1. The molecule has 0 saturated heterocycles. The first kappa shape index (κ1) is 13.6. The van der Waals surface area contributed by atoms with E-state index in [9.17, 15) is 4.79 Å². The van der Waals surface area contributed by atoms with Gasteiger partial charge in [-0.15, -0.1) is 0 Å². The number of nitrogens with zero attached hydrogens (tertiary/aromatic N) is 1. The van der Waals surface area contributed by atoms with E-state index in [4.69, 9.17) is 5.11 Å². The second kappa shape index (κ2) is 5.89. The maximum absolute atomic E-state index is 10.9. The molecule has 0 spiro atoms. The van der Waals surface area contributed by atoms with Gasteiger partial charge in [-0.05, 0) is 35.7 Å². The molecule has 1 aromatic carbocycles. The van der Waals surface area contributed by atoms with Gasteiger partial charge in [0.2, 0.25) is 0 Å². The first-order valence-electron chi connectivity index (χ1n) is 6.03. The summed E-state index contributed by atoms with van der Waals surface area (Å²) in [7, 11) is 0. The standard InChI is InChI=1S/C15H15NO2S/c1-10(2)11-3-5-12(6-4-11)19-13-7-8-16-14(9-13)15(17)18/h3-10H,1-2H3,(H,17,18). The molecule has 0 amide bonds. The maximum atomic E-state index is 10.9. The predicted molar refractivity (Wildman–Crippen MR) is 75.9 cm³/mol. The molecule has 3 nitrogen and oxygen atoms in total. The van der Waals surface area contributed by atoms with E-state index in [1.165, 1.54) is 23.5 Å². The van der Waals surface area contributed by atoms with Crippen LogP contribution in [0.4, 0.5) is 0 Å². The summed E-state index contributed by atoms with van der Waals surface area (Å²) in [4.78, 5) is 16.6. The molecular formula is C15H15NO2S. The quantitative estimate of drug-likeness (QED) is 0.912. The van der Waals surface area contributed by atoms with Gasteiger partial charge in [-0.3, -0.25) is 0 Å². The molecule has 2 rings (SSSR count). The number of rotatable bonds is 4. The second-order valence-corrected chi connectivity index (χ2v) is 5.65. The fourth-order valence-electron chi connectivity index (χ4n) is 1.65. The Morgan fingerprint density at radius 2 is 1.84 bits per heavy atom. The smallest absolute Gasteiger partial charge is 0.354 e. The molecule has 0 saturated carbocycles. The van der Waals surface area contributed by atoms with Gasteiger partial charge in [0.25, 0.3) is 0 Å². The molecule has 98 valence electrons. The Balaban J connectivity index is 2.16. The van der Waals surface area contributed by atoms with Gasteiger partial charge in [-0.1, -0.05) is 37.7 Å². The molecule has 19 heavy (non-hydrogen) atoms. The van der Waals surface area contributed by atoms with Crippen molar-refractivity contribution in [1.82, 2.24) is 4.98 Å². The van der Waals surface area contributed by atoms with Crippen LogP contribution >= 0.6 is 11.8 Å². The van der Waals surface area contributed by atoms with Crippen molar-refractivity contribution in [3.05, 3.63) is 53.9 Å². The lowest BCUT2D eigenvalue weighted by Gasteiger charge is -2.07. The average Bonchev–Trinajstić information content (AvgIpc) is 2.39. The third kappa shape index (κ3) is 3.58. The van der Waals surface area contributed by atoms with E-state index in [0.717, 1.165) is 9.79 Å². The third-order valence-corrected chi connectivity index (χ3v) is 3.73. The Hall–Kier alpha value is -1.81. The summed E-state index contributed by atoms with van der Waals surface area (Å²) >= 11 is 1.54. The minimum absolute atomic E-state index is 0.0730. The summed E-state index contributed by atoms with van der Waals surface area (Å²) in [5, 5.41) is 8.90. The van der Waals surface area contributed by atoms with E-state index in [1.807, 2.05) is 6.07 Å². The lowest BCUT2D eigenvalue weighted by Crippen LogP contribution is -1.99. The van der Waals surface area contributed by atoms with Crippen LogP contribution in [0.3, 0.4) is 0 Å². The number of hydrogen-bond donors (Lipinski definition) is 1. The number of aromatic nitrogens is 1. The molecule has 4 heteroatoms. The van der Waals surface area contributed by atoms with Gasteiger partial charge >= 0.3 is 5.97 Å². The van der Waals surface area contributed by atoms with Crippen molar-refractivity contribution in [2.75, 3.05) is 0 Å². The predicted octanol–water partition coefficient (Wildman–Crippen LogP) is 4.05. The van der Waals surface area contributed by atoms with Crippen LogP contribution in [-0.2, 0) is 0 Å². The fraction of sp³-hybridized carbons (Fsp3) is 0.200. The largest absolute Gasteiger partial charge is 0.477 e. The van der Waals surface area contributed by atoms with E-state index < -0.39 is 5.97 Å². The van der Waals surface area contributed by atoms with Crippen LogP contribution in [-0.4, -0.2) is 16.1 Å². The van der Waals surface area contributed by atoms with Crippen molar-refractivity contribution in [3.63, 3.8) is 0 Å². The number of benzene rings is 1. The van der Waals surface area contributed by atoms with E-state index >= 15 is 0 Å². The van der Waals surface area contributed by atoms with Crippen molar-refractivity contribution in [1.29, 1.82) is 0 Å². The molecule has 0 aliphatic rings. The minimum atomic E-state index is -1.00. The highest BCUT2D eigenvalue weighted by atomic mass is 32.2. The first-order valence-corrected chi connectivity index (χ1v) is 6.85. The topological polar surface area (TPSA) is 50.2 Å². The number of hydrogen-bond acceptors (Lipinski definition) is 3. The van der Waals surface area contributed by atoms with E-state index in [2.05, 4.69) is 43.1 Å². The van der Waals surface area contributed by atoms with Crippen molar-refractivity contribution >= 4 is 17.7 Å². The maximum Gasteiger partial charge on any atom is 0.354 e. The molecule has 1 aromatic heterocycles. The van der Waals surface area contributed by atoms with E-state index in [0.29, 0.717) is 5.92 Å². The minimum Gasteiger partial charge on any atom is -0.477 e. The van der Waals surface area contributed by atoms with Crippen LogP contribution in [0.1, 0.15) is 35.8 Å². The Morgan fingerprint density at radius 3 is 2.42 bits per heavy atom. The van der Waals surface area contributed by atoms with Gasteiger partial charge in [0.15, 0.2) is 0 Å². The molecule has 1 heterocycles. The van der Waals surface area contributed by atoms with Crippen molar-refractivity contribution in [2.45, 2.75) is 29.6 Å². The summed E-state index contributed by atoms with van der Waals surface area (Å²) < 4.78 is 0. The highest BCUT2D eigenvalue weighted by Gasteiger charge is 2.06. The number of carboxylic acid groups (broad SMARTS) is 1. The molecule has 0 bridgehead atoms. The van der Waals surface area contributed by atoms with Crippen LogP contribution in [0.15, 0.2) is 52.4 Å². The lowest BCUT2D eigenvalue weighted by atomic mass is 10.0. The average molecular weight is 273 g/mol. The zero-order chi connectivity index (χ0) is 13.8. The van der Waals surface area contributed by atoms with Crippen LogP contribution in [0.25, 0.3) is 0 Å². The number of carboxylic acids is 1. The van der Waals surface area contributed by atoms with Crippen LogP contribution in [0.2, 0.25) is 0 Å². The Bertz CT molecular complexity index is 579. The van der Waals surface area contributed by atoms with Gasteiger partial charge in [-0.2, -0.15) is 0 Å². The fourth-order valence-corrected chi connectivity index (χ4v) is 2.49. The molecule has 2 aromatic rings. The summed E-state index contributed by atoms with van der Waals surface area (Å²) in [6.45, 7) is 4.31. The normalized spacial score (nSPS) is 10.7. The summed E-state index contributed by atoms with van der Waals surface area (Å²) in [6.07, 6.45) is 1.52. The van der Waals surface area contributed by atoms with Gasteiger partial charge in [0.1, 0.15) is 5.69 Å². The van der Waals surface area contributed by atoms with E-state index in [-0.39, 0.29) is 5.69 Å². The van der Waals surface area contributed by atoms with Gasteiger partial charge in [-0.25, -0.2) is 9.78 Å². The van der Waals surface area contributed by atoms with Crippen LogP contribution < -0.4 is 0 Å². The van der Waals surface area contributed by atoms with Gasteiger partial charge in [0.05, 0.1) is 0 Å². The highest BCUT2D eigenvalue weighted by molar-refractivity contribution is 7.99. The summed E-state index contributed by atoms with van der Waals surface area (Å²) in [6, 6.07) is 11.7. The van der Waals surface area contributed by atoms with E-state index in [1.54, 1.807) is 6.07 Å². The number of pyridine rings is 1. The van der Waals surface area contributed by atoms with Gasteiger partial charge in [0, 0.05) is 16.0 Å². The lowest BCUT2D eigenvalue weighted by molar-refractivity contribution is 0.0690. The molecule has 1 N–H and O–H groups in total. The van der Waals surface area contributed by atoms with Crippen LogP contribution in [0, 0.1) is 0 Å². The Kier molecular flexibility index (Phi) is 4.22. The number of aromatic carboxylic acids is 1. The molecule has 0 aliphatic carbocycles. The molecular weight excluding hydrogens is 258 g/mol. The van der Waals surface area contributed by atoms with Crippen molar-refractivity contribution in [2.24, 2.45) is 0 Å². The first-order chi connectivity index (χ1) is 9.06. The highest BCUT2D eigenvalue weighted by Crippen LogP contribution is 2.28. The molecule has 0 aliphatic heterocycles. The summed E-state index contributed by atoms with van der Waals surface area (Å²) in [5.74, 6) is -0.490. The zero-order valence-electron chi connectivity index (χ0n) is 10.8. The Labute approximate surface area is 116 Å². The molecule has 0 radical (unpaired) electrons. The van der Waals surface area contributed by atoms with Crippen molar-refractivity contribution in [3.8, 4) is 0 Å².